The highest BCUT2D eigenvalue weighted by molar-refractivity contribution is 7.91. The number of fused-ring (bicyclic) bond motifs is 6. The van der Waals surface area contributed by atoms with Crippen LogP contribution in [0.1, 0.15) is 0 Å². The van der Waals surface area contributed by atoms with Gasteiger partial charge in [-0.05, 0) is 76.9 Å². The van der Waals surface area contributed by atoms with Crippen LogP contribution in [-0.4, -0.2) is 30.3 Å². The maximum atomic E-state index is 15.9. The van der Waals surface area contributed by atoms with E-state index in [4.69, 9.17) is 0 Å². The van der Waals surface area contributed by atoms with Gasteiger partial charge in [-0.1, -0.05) is 76.4 Å². The Bertz CT molecular complexity index is 2990. The van der Waals surface area contributed by atoms with E-state index >= 15 is 17.6 Å². The van der Waals surface area contributed by atoms with Gasteiger partial charge in [0, 0.05) is 10.9 Å². The molecule has 9 rings (SSSR count). The highest BCUT2D eigenvalue weighted by atomic mass is 32.2. The molecule has 0 unspecified atom stereocenters. The summed E-state index contributed by atoms with van der Waals surface area (Å²) in [6.45, 7) is -4.05. The molecular weight excluding hydrogens is 844 g/mol. The van der Waals surface area contributed by atoms with Gasteiger partial charge in [-0.25, -0.2) is 60.7 Å². The molecule has 18 heteroatoms. The zero-order chi connectivity index (χ0) is 42.7. The van der Waals surface area contributed by atoms with E-state index in [0.29, 0.717) is 0 Å². The molecular formula is C42H18B2F10O4S2. The highest BCUT2D eigenvalue weighted by Crippen LogP contribution is 2.35. The molecule has 0 saturated heterocycles. The summed E-state index contributed by atoms with van der Waals surface area (Å²) in [5.41, 5.74) is -3.95. The van der Waals surface area contributed by atoms with Crippen molar-refractivity contribution in [3.05, 3.63) is 167 Å². The van der Waals surface area contributed by atoms with Crippen molar-refractivity contribution in [2.45, 2.75) is 19.6 Å². The quantitative estimate of drug-likeness (QED) is 0.0928. The third-order valence-electron chi connectivity index (χ3n) is 10.9. The summed E-state index contributed by atoms with van der Waals surface area (Å²) < 4.78 is 207. The van der Waals surface area contributed by atoms with Crippen molar-refractivity contribution < 1.29 is 60.7 Å². The van der Waals surface area contributed by atoms with Crippen LogP contribution in [0.2, 0.25) is 0 Å². The van der Waals surface area contributed by atoms with E-state index in [2.05, 4.69) is 0 Å². The van der Waals surface area contributed by atoms with Crippen molar-refractivity contribution in [2.75, 3.05) is 0 Å². The molecule has 0 fully saturated rings. The Morgan fingerprint density at radius 1 is 0.300 bits per heavy atom. The normalized spacial score (nSPS) is 13.0. The van der Waals surface area contributed by atoms with Crippen LogP contribution in [0, 0.1) is 58.2 Å². The van der Waals surface area contributed by atoms with Crippen molar-refractivity contribution in [1.82, 2.24) is 0 Å². The molecule has 298 valence electrons. The van der Waals surface area contributed by atoms with Gasteiger partial charge >= 0.3 is 0 Å². The predicted molar refractivity (Wildman–Crippen MR) is 203 cm³/mol. The van der Waals surface area contributed by atoms with Crippen LogP contribution in [-0.2, 0) is 19.7 Å². The van der Waals surface area contributed by atoms with Crippen LogP contribution in [0.15, 0.2) is 129 Å². The van der Waals surface area contributed by atoms with E-state index in [1.807, 2.05) is 0 Å². The van der Waals surface area contributed by atoms with Crippen molar-refractivity contribution in [1.29, 1.82) is 0 Å². The monoisotopic (exact) mass is 862 g/mol. The molecule has 0 saturated carbocycles. The molecule has 0 aliphatic carbocycles. The maximum Gasteiger partial charge on any atom is 0.250 e. The Morgan fingerprint density at radius 3 is 0.933 bits per heavy atom. The first-order valence-electron chi connectivity index (χ1n) is 17.6. The summed E-state index contributed by atoms with van der Waals surface area (Å²) in [6.07, 6.45) is 0. The van der Waals surface area contributed by atoms with E-state index in [9.17, 15) is 43.2 Å². The van der Waals surface area contributed by atoms with Crippen molar-refractivity contribution in [3.8, 4) is 22.3 Å². The van der Waals surface area contributed by atoms with Crippen molar-refractivity contribution in [3.63, 3.8) is 0 Å². The fourth-order valence-electron chi connectivity index (χ4n) is 8.14. The molecule has 0 N–H and O–H groups in total. The molecule has 2 aliphatic rings. The molecule has 0 bridgehead atoms. The third-order valence-corrected chi connectivity index (χ3v) is 14.4. The van der Waals surface area contributed by atoms with Crippen LogP contribution >= 0.6 is 0 Å². The Morgan fingerprint density at radius 2 is 0.600 bits per heavy atom. The van der Waals surface area contributed by atoms with E-state index in [0.717, 1.165) is 30.3 Å². The summed E-state index contributed by atoms with van der Waals surface area (Å²) >= 11 is 0. The molecule has 0 amide bonds. The first kappa shape index (κ1) is 39.3. The second-order valence-electron chi connectivity index (χ2n) is 14.0. The first-order chi connectivity index (χ1) is 28.5. The van der Waals surface area contributed by atoms with Gasteiger partial charge in [-0.15, -0.1) is 0 Å². The van der Waals surface area contributed by atoms with Crippen LogP contribution in [0.25, 0.3) is 22.3 Å². The minimum absolute atomic E-state index is 0.00588. The fraction of sp³-hybridized carbons (Fsp3) is 0. The van der Waals surface area contributed by atoms with E-state index in [1.165, 1.54) is 78.9 Å². The maximum absolute atomic E-state index is 15.9. The minimum atomic E-state index is -4.38. The Labute approximate surface area is 334 Å². The highest BCUT2D eigenvalue weighted by Gasteiger charge is 2.46. The smallest absolute Gasteiger partial charge is 0.219 e. The van der Waals surface area contributed by atoms with Gasteiger partial charge in [0.1, 0.15) is 0 Å². The summed E-state index contributed by atoms with van der Waals surface area (Å²) in [6, 6.07) is 22.9. The van der Waals surface area contributed by atoms with Crippen LogP contribution in [0.3, 0.4) is 0 Å². The van der Waals surface area contributed by atoms with Gasteiger partial charge in [-0.2, -0.15) is 0 Å². The number of halogens is 10. The number of benzene rings is 7. The van der Waals surface area contributed by atoms with Gasteiger partial charge in [0.25, 0.3) is 13.4 Å². The third kappa shape index (κ3) is 5.52. The van der Waals surface area contributed by atoms with E-state index in [1.54, 1.807) is 0 Å². The lowest BCUT2D eigenvalue weighted by molar-refractivity contribution is 0.384. The fourth-order valence-corrected chi connectivity index (χ4v) is 10.8. The number of sulfone groups is 2. The topological polar surface area (TPSA) is 68.3 Å². The summed E-state index contributed by atoms with van der Waals surface area (Å²) in [5.74, 6) is -23.5. The Hall–Kier alpha value is -6.13. The van der Waals surface area contributed by atoms with Crippen LogP contribution in [0.5, 0.6) is 0 Å². The zero-order valence-corrected chi connectivity index (χ0v) is 31.4. The van der Waals surface area contributed by atoms with E-state index in [-0.39, 0.29) is 53.9 Å². The summed E-state index contributed by atoms with van der Waals surface area (Å²) in [5, 5.41) is 0. The largest absolute Gasteiger partial charge is 0.250 e. The number of hydrogen-bond donors (Lipinski definition) is 0. The average molecular weight is 862 g/mol. The molecule has 2 heterocycles. The molecule has 0 aromatic heterocycles. The first-order valence-corrected chi connectivity index (χ1v) is 20.5. The van der Waals surface area contributed by atoms with Crippen LogP contribution < -0.4 is 32.8 Å². The van der Waals surface area contributed by atoms with E-state index < -0.39 is 112 Å². The predicted octanol–water partition coefficient (Wildman–Crippen LogP) is 5.74. The Kier molecular flexibility index (Phi) is 8.99. The van der Waals surface area contributed by atoms with Crippen molar-refractivity contribution in [2.24, 2.45) is 0 Å². The molecule has 60 heavy (non-hydrogen) atoms. The summed E-state index contributed by atoms with van der Waals surface area (Å²) in [4.78, 5) is -1.30. The van der Waals surface area contributed by atoms with Gasteiger partial charge in [0.05, 0.1) is 19.6 Å². The second-order valence-corrected chi connectivity index (χ2v) is 17.9. The van der Waals surface area contributed by atoms with Gasteiger partial charge in [0.2, 0.25) is 19.7 Å². The SMILES string of the molecule is O=S(=O)(c1ccccc1)c1ccc2c(c1)B(c1c(F)c(F)c(F)c(F)c1F)c1cc3c(cc1-2)-c1ccc(S(=O)(=O)c2ccccc2)cc1B3c1c(F)c(F)c(F)c(F)c1F. The van der Waals surface area contributed by atoms with Crippen molar-refractivity contribution >= 4 is 65.9 Å². The van der Waals surface area contributed by atoms with Gasteiger partial charge < -0.3 is 0 Å². The molecule has 0 spiro atoms. The number of hydrogen-bond acceptors (Lipinski definition) is 4. The van der Waals surface area contributed by atoms with Gasteiger partial charge in [-0.3, -0.25) is 0 Å². The standard InChI is InChI=1S/C42H18B2F10O4S2/c45-33-31(34(46)38(50)41(53)37(33)49)43-27-15-21(59(55,56)19-7-3-1-4-8-19)11-13-23(27)25-17-26-24-14-12-22(60(57,58)20-9-5-2-6-10-20)16-28(24)44(30(26)18-29(25)43)32-35(47)39(51)42(54)40(52)36(32)48/h1-18H. The lowest BCUT2D eigenvalue weighted by atomic mass is 9.35. The molecule has 4 nitrogen and oxygen atoms in total. The lowest BCUT2D eigenvalue weighted by Crippen LogP contribution is -2.56. The van der Waals surface area contributed by atoms with Gasteiger partial charge in [0.15, 0.2) is 58.2 Å². The minimum Gasteiger partial charge on any atom is -0.219 e. The molecule has 7 aromatic carbocycles. The second kappa shape index (κ2) is 13.7. The Balaban J connectivity index is 1.36. The molecule has 2 aliphatic heterocycles. The zero-order valence-electron chi connectivity index (χ0n) is 29.8. The summed E-state index contributed by atoms with van der Waals surface area (Å²) in [7, 11) is -8.76. The molecule has 0 radical (unpaired) electrons. The lowest BCUT2D eigenvalue weighted by Gasteiger charge is -2.18. The average Bonchev–Trinajstić information content (AvgIpc) is 3.74. The molecule has 7 aromatic rings. The van der Waals surface area contributed by atoms with Crippen LogP contribution in [0.4, 0.5) is 43.9 Å². The number of rotatable bonds is 6. The molecule has 0 atom stereocenters.